The topological polar surface area (TPSA) is 80.5 Å². The minimum Gasteiger partial charge on any atom is -0.382 e. The number of anilines is 1. The molecule has 0 atom stereocenters. The molecule has 2 aromatic heterocycles. The summed E-state index contributed by atoms with van der Waals surface area (Å²) in [6.07, 6.45) is 3.38. The van der Waals surface area contributed by atoms with E-state index in [0.29, 0.717) is 5.82 Å². The lowest BCUT2D eigenvalue weighted by atomic mass is 10.0. The highest BCUT2D eigenvalue weighted by atomic mass is 15.1. The fraction of sp³-hybridized carbons (Fsp3) is 0. The predicted molar refractivity (Wildman–Crippen MR) is 87.0 cm³/mol. The zero-order chi connectivity index (χ0) is 14.9. The first-order valence-corrected chi connectivity index (χ1v) is 6.93. The van der Waals surface area contributed by atoms with Crippen molar-refractivity contribution in [2.45, 2.75) is 0 Å². The molecular weight excluding hydrogens is 274 g/mol. The highest BCUT2D eigenvalue weighted by Crippen LogP contribution is 2.30. The van der Waals surface area contributed by atoms with Crippen molar-refractivity contribution in [1.29, 1.82) is 0 Å². The number of aromatic nitrogens is 4. The van der Waals surface area contributed by atoms with E-state index >= 15 is 0 Å². The first-order chi connectivity index (χ1) is 10.8. The van der Waals surface area contributed by atoms with Gasteiger partial charge in [-0.05, 0) is 12.1 Å². The van der Waals surface area contributed by atoms with Crippen molar-refractivity contribution in [1.82, 2.24) is 20.2 Å². The van der Waals surface area contributed by atoms with Crippen molar-refractivity contribution >= 4 is 16.7 Å². The van der Waals surface area contributed by atoms with Gasteiger partial charge in [-0.2, -0.15) is 5.10 Å². The summed E-state index contributed by atoms with van der Waals surface area (Å²) in [4.78, 5) is 8.98. The standard InChI is InChI=1S/C17H13N5/c18-15-10-19-16(17(21-15)11-4-2-1-3-5-11)12-6-7-14-13(8-12)9-20-22-14/h1-10H,(H2,18,21)(H,20,22). The predicted octanol–water partition coefficient (Wildman–Crippen LogP) is 3.27. The number of rotatable bonds is 2. The average molecular weight is 287 g/mol. The second-order valence-corrected chi connectivity index (χ2v) is 5.03. The molecule has 106 valence electrons. The second-order valence-electron chi connectivity index (χ2n) is 5.03. The quantitative estimate of drug-likeness (QED) is 0.593. The smallest absolute Gasteiger partial charge is 0.142 e. The first kappa shape index (κ1) is 12.5. The number of nitrogens with two attached hydrogens (primary N) is 1. The summed E-state index contributed by atoms with van der Waals surface area (Å²) in [5, 5.41) is 8.03. The fourth-order valence-electron chi connectivity index (χ4n) is 2.50. The molecule has 0 radical (unpaired) electrons. The monoisotopic (exact) mass is 287 g/mol. The molecule has 4 rings (SSSR count). The molecule has 0 unspecified atom stereocenters. The summed E-state index contributed by atoms with van der Waals surface area (Å²) in [6, 6.07) is 16.0. The van der Waals surface area contributed by atoms with Crippen LogP contribution in [0.2, 0.25) is 0 Å². The molecule has 2 aromatic carbocycles. The Morgan fingerprint density at radius 3 is 2.59 bits per heavy atom. The average Bonchev–Trinajstić information content (AvgIpc) is 3.03. The largest absolute Gasteiger partial charge is 0.382 e. The van der Waals surface area contributed by atoms with Crippen LogP contribution < -0.4 is 5.73 Å². The Morgan fingerprint density at radius 2 is 1.73 bits per heavy atom. The van der Waals surface area contributed by atoms with Crippen LogP contribution in [-0.2, 0) is 0 Å². The maximum atomic E-state index is 5.83. The lowest BCUT2D eigenvalue weighted by Gasteiger charge is -2.09. The van der Waals surface area contributed by atoms with Crippen LogP contribution >= 0.6 is 0 Å². The molecule has 0 bridgehead atoms. The van der Waals surface area contributed by atoms with Crippen molar-refractivity contribution in [3.05, 3.63) is 60.9 Å². The van der Waals surface area contributed by atoms with Crippen molar-refractivity contribution in [3.8, 4) is 22.5 Å². The van der Waals surface area contributed by atoms with Gasteiger partial charge in [0.15, 0.2) is 0 Å². The van der Waals surface area contributed by atoms with Crippen LogP contribution in [0.15, 0.2) is 60.9 Å². The number of nitrogens with one attached hydrogen (secondary N) is 1. The second kappa shape index (κ2) is 4.96. The highest BCUT2D eigenvalue weighted by molar-refractivity contribution is 5.87. The van der Waals surface area contributed by atoms with E-state index < -0.39 is 0 Å². The van der Waals surface area contributed by atoms with Crippen LogP contribution in [-0.4, -0.2) is 20.2 Å². The van der Waals surface area contributed by atoms with Gasteiger partial charge in [0.1, 0.15) is 5.82 Å². The normalized spacial score (nSPS) is 10.9. The summed E-state index contributed by atoms with van der Waals surface area (Å²) in [5.41, 5.74) is 10.4. The van der Waals surface area contributed by atoms with Crippen molar-refractivity contribution in [2.75, 3.05) is 5.73 Å². The molecule has 0 saturated heterocycles. The first-order valence-electron chi connectivity index (χ1n) is 6.93. The Hall–Kier alpha value is -3.21. The zero-order valence-electron chi connectivity index (χ0n) is 11.7. The SMILES string of the molecule is Nc1cnc(-c2ccc3[nH]ncc3c2)c(-c2ccccc2)n1. The minimum atomic E-state index is 0.409. The van der Waals surface area contributed by atoms with Crippen LogP contribution in [0.25, 0.3) is 33.4 Å². The van der Waals surface area contributed by atoms with E-state index in [9.17, 15) is 0 Å². The van der Waals surface area contributed by atoms with Crippen LogP contribution in [0.4, 0.5) is 5.82 Å². The van der Waals surface area contributed by atoms with E-state index in [0.717, 1.165) is 33.4 Å². The molecule has 0 aliphatic carbocycles. The third kappa shape index (κ3) is 2.09. The summed E-state index contributed by atoms with van der Waals surface area (Å²) in [5.74, 6) is 0.409. The lowest BCUT2D eigenvalue weighted by Crippen LogP contribution is -1.98. The molecule has 0 fully saturated rings. The summed E-state index contributed by atoms with van der Waals surface area (Å²) < 4.78 is 0. The number of aromatic amines is 1. The van der Waals surface area contributed by atoms with Gasteiger partial charge >= 0.3 is 0 Å². The molecule has 0 spiro atoms. The number of nitrogens with zero attached hydrogens (tertiary/aromatic N) is 3. The van der Waals surface area contributed by atoms with Crippen LogP contribution in [0.1, 0.15) is 0 Å². The van der Waals surface area contributed by atoms with Crippen molar-refractivity contribution in [2.24, 2.45) is 0 Å². The molecule has 5 nitrogen and oxygen atoms in total. The molecule has 0 saturated carbocycles. The highest BCUT2D eigenvalue weighted by Gasteiger charge is 2.12. The van der Waals surface area contributed by atoms with Crippen molar-refractivity contribution in [3.63, 3.8) is 0 Å². The zero-order valence-corrected chi connectivity index (χ0v) is 11.7. The molecule has 0 amide bonds. The number of H-pyrrole nitrogens is 1. The number of hydrogen-bond acceptors (Lipinski definition) is 4. The van der Waals surface area contributed by atoms with E-state index in [-0.39, 0.29) is 0 Å². The molecule has 2 heterocycles. The van der Waals surface area contributed by atoms with E-state index in [1.54, 1.807) is 12.4 Å². The van der Waals surface area contributed by atoms with E-state index in [2.05, 4.69) is 20.2 Å². The molecule has 0 aliphatic rings. The van der Waals surface area contributed by atoms with Crippen LogP contribution in [0.5, 0.6) is 0 Å². The third-order valence-corrected chi connectivity index (χ3v) is 3.55. The Balaban J connectivity index is 1.94. The number of nitrogen functional groups attached to an aromatic ring is 1. The van der Waals surface area contributed by atoms with E-state index in [4.69, 9.17) is 5.73 Å². The van der Waals surface area contributed by atoms with Gasteiger partial charge < -0.3 is 5.73 Å². The van der Waals surface area contributed by atoms with Gasteiger partial charge in [-0.25, -0.2) is 4.98 Å². The number of benzene rings is 2. The van der Waals surface area contributed by atoms with Gasteiger partial charge in [0, 0.05) is 16.5 Å². The van der Waals surface area contributed by atoms with Crippen molar-refractivity contribution < 1.29 is 0 Å². The fourth-order valence-corrected chi connectivity index (χ4v) is 2.50. The van der Waals surface area contributed by atoms with E-state index in [1.165, 1.54) is 0 Å². The maximum Gasteiger partial charge on any atom is 0.142 e. The van der Waals surface area contributed by atoms with Crippen LogP contribution in [0.3, 0.4) is 0 Å². The maximum absolute atomic E-state index is 5.83. The van der Waals surface area contributed by atoms with Gasteiger partial charge in [0.2, 0.25) is 0 Å². The number of fused-ring (bicyclic) bond motifs is 1. The Bertz CT molecular complexity index is 944. The van der Waals surface area contributed by atoms with Crippen LogP contribution in [0, 0.1) is 0 Å². The summed E-state index contributed by atoms with van der Waals surface area (Å²) >= 11 is 0. The third-order valence-electron chi connectivity index (χ3n) is 3.55. The van der Waals surface area contributed by atoms with Gasteiger partial charge in [0.25, 0.3) is 0 Å². The van der Waals surface area contributed by atoms with Gasteiger partial charge in [-0.1, -0.05) is 36.4 Å². The summed E-state index contributed by atoms with van der Waals surface area (Å²) in [7, 11) is 0. The minimum absolute atomic E-state index is 0.409. The molecular formula is C17H13N5. The molecule has 22 heavy (non-hydrogen) atoms. The Morgan fingerprint density at radius 1 is 0.864 bits per heavy atom. The van der Waals surface area contributed by atoms with Gasteiger partial charge in [0.05, 0.1) is 29.3 Å². The number of hydrogen-bond donors (Lipinski definition) is 2. The van der Waals surface area contributed by atoms with Gasteiger partial charge in [-0.15, -0.1) is 0 Å². The molecule has 0 aliphatic heterocycles. The Kier molecular flexibility index (Phi) is 2.83. The Labute approximate surface area is 126 Å². The molecule has 5 heteroatoms. The molecule has 3 N–H and O–H groups in total. The summed E-state index contributed by atoms with van der Waals surface area (Å²) in [6.45, 7) is 0. The lowest BCUT2D eigenvalue weighted by molar-refractivity contribution is 1.12. The van der Waals surface area contributed by atoms with Gasteiger partial charge in [-0.3, -0.25) is 10.1 Å². The van der Waals surface area contributed by atoms with E-state index in [1.807, 2.05) is 48.5 Å². The molecule has 4 aromatic rings.